The van der Waals surface area contributed by atoms with Crippen LogP contribution in [0.1, 0.15) is 5.56 Å². The molecule has 0 unspecified atom stereocenters. The fraction of sp³-hybridized carbons (Fsp3) is 0. The van der Waals surface area contributed by atoms with Gasteiger partial charge in [0.05, 0.1) is 6.21 Å². The van der Waals surface area contributed by atoms with Crippen molar-refractivity contribution in [3.05, 3.63) is 11.6 Å². The fourth-order valence-electron chi connectivity index (χ4n) is 1.01. The Labute approximate surface area is 89.7 Å². The zero-order chi connectivity index (χ0) is 11.3. The van der Waals surface area contributed by atoms with E-state index in [-0.39, 0.29) is 14.0 Å². The van der Waals surface area contributed by atoms with Crippen molar-refractivity contribution < 1.29 is 16.8 Å². The number of sulfonamides is 2. The van der Waals surface area contributed by atoms with E-state index in [0.29, 0.717) is 11.3 Å². The molecule has 1 aliphatic heterocycles. The Kier molecular flexibility index (Phi) is 2.12. The third kappa shape index (κ3) is 1.76. The first kappa shape index (κ1) is 10.5. The molecule has 2 rings (SSSR count). The van der Waals surface area contributed by atoms with Crippen LogP contribution in [-0.2, 0) is 20.0 Å². The van der Waals surface area contributed by atoms with Crippen LogP contribution in [0.15, 0.2) is 19.6 Å². The lowest BCUT2D eigenvalue weighted by Gasteiger charge is -2.05. The number of thiophene rings is 1. The summed E-state index contributed by atoms with van der Waals surface area (Å²) in [6, 6.07) is 1.18. The molecule has 1 aromatic rings. The fourth-order valence-corrected chi connectivity index (χ4v) is 4.29. The third-order valence-corrected chi connectivity index (χ3v) is 5.95. The minimum atomic E-state index is -3.88. The molecule has 1 aromatic heterocycles. The highest BCUT2D eigenvalue weighted by atomic mass is 32.3. The number of hydrazone groups is 1. The number of primary sulfonamides is 1. The van der Waals surface area contributed by atoms with Gasteiger partial charge in [-0.05, 0) is 6.07 Å². The average molecular weight is 267 g/mol. The normalized spacial score (nSPS) is 18.2. The molecule has 0 aromatic carbocycles. The number of nitrogens with two attached hydrogens (primary N) is 1. The summed E-state index contributed by atoms with van der Waals surface area (Å²) in [7, 11) is -7.61. The summed E-state index contributed by atoms with van der Waals surface area (Å²) in [6.07, 6.45) is 1.22. The van der Waals surface area contributed by atoms with Crippen molar-refractivity contribution >= 4 is 37.6 Å². The van der Waals surface area contributed by atoms with Gasteiger partial charge in [-0.1, -0.05) is 0 Å². The molecular weight excluding hydrogens is 262 g/mol. The number of hydrogen-bond acceptors (Lipinski definition) is 6. The van der Waals surface area contributed by atoms with Crippen LogP contribution in [-0.4, -0.2) is 23.1 Å². The molecule has 0 bridgehead atoms. The van der Waals surface area contributed by atoms with E-state index in [4.69, 9.17) is 5.14 Å². The molecule has 0 amide bonds. The molecule has 3 N–H and O–H groups in total. The molecule has 15 heavy (non-hydrogen) atoms. The van der Waals surface area contributed by atoms with Gasteiger partial charge >= 0.3 is 0 Å². The lowest BCUT2D eigenvalue weighted by molar-refractivity contribution is 0.585. The van der Waals surface area contributed by atoms with E-state index in [1.165, 1.54) is 12.3 Å². The number of nitrogens with one attached hydrogen (secondary N) is 1. The molecule has 0 saturated carbocycles. The predicted octanol–water partition coefficient (Wildman–Crippen LogP) is -0.979. The minimum absolute atomic E-state index is 0.0958. The summed E-state index contributed by atoms with van der Waals surface area (Å²) in [6.45, 7) is 0. The standard InChI is InChI=1S/C5H5N3O4S3/c6-14(9,10)4-1-3-2-7-8-15(11,12)5(3)13-4/h1-2,8H,(H2,6,9,10). The number of fused-ring (bicyclic) bond motifs is 1. The van der Waals surface area contributed by atoms with Crippen molar-refractivity contribution in [1.82, 2.24) is 4.83 Å². The van der Waals surface area contributed by atoms with E-state index in [0.717, 1.165) is 0 Å². The van der Waals surface area contributed by atoms with E-state index < -0.39 is 20.0 Å². The second-order valence-electron chi connectivity index (χ2n) is 2.71. The van der Waals surface area contributed by atoms with Crippen LogP contribution in [0.2, 0.25) is 0 Å². The van der Waals surface area contributed by atoms with Gasteiger partial charge in [-0.2, -0.15) is 18.4 Å². The smallest absolute Gasteiger partial charge is 0.224 e. The van der Waals surface area contributed by atoms with Gasteiger partial charge in [-0.25, -0.2) is 13.6 Å². The summed E-state index contributed by atoms with van der Waals surface area (Å²) < 4.78 is 44.4. The zero-order valence-corrected chi connectivity index (χ0v) is 9.49. The largest absolute Gasteiger partial charge is 0.286 e. The maximum Gasteiger partial charge on any atom is 0.286 e. The Morgan fingerprint density at radius 3 is 2.67 bits per heavy atom. The molecule has 0 atom stereocenters. The first-order valence-electron chi connectivity index (χ1n) is 3.52. The molecule has 2 heterocycles. The highest BCUT2D eigenvalue weighted by Gasteiger charge is 2.27. The molecular formula is C5H5N3O4S3. The number of rotatable bonds is 1. The molecule has 10 heteroatoms. The summed E-state index contributed by atoms with van der Waals surface area (Å²) in [5.41, 5.74) is 0.225. The predicted molar refractivity (Wildman–Crippen MR) is 53.6 cm³/mol. The van der Waals surface area contributed by atoms with E-state index in [1.807, 2.05) is 4.83 Å². The van der Waals surface area contributed by atoms with Crippen molar-refractivity contribution in [2.75, 3.05) is 0 Å². The maximum atomic E-state index is 11.4. The molecule has 82 valence electrons. The van der Waals surface area contributed by atoms with Gasteiger partial charge in [0.1, 0.15) is 4.21 Å². The van der Waals surface area contributed by atoms with Gasteiger partial charge in [0.25, 0.3) is 10.0 Å². The van der Waals surface area contributed by atoms with E-state index >= 15 is 0 Å². The summed E-state index contributed by atoms with van der Waals surface area (Å²) >= 11 is 0.595. The molecule has 0 radical (unpaired) electrons. The van der Waals surface area contributed by atoms with E-state index in [1.54, 1.807) is 0 Å². The Balaban J connectivity index is 2.74. The lowest BCUT2D eigenvalue weighted by atomic mass is 10.4. The molecule has 7 nitrogen and oxygen atoms in total. The van der Waals surface area contributed by atoms with Crippen molar-refractivity contribution in [1.29, 1.82) is 0 Å². The third-order valence-electron chi connectivity index (χ3n) is 1.60. The first-order chi connectivity index (χ1) is 6.81. The number of nitrogens with zero attached hydrogens (tertiary/aromatic N) is 1. The van der Waals surface area contributed by atoms with Gasteiger partial charge in [0, 0.05) is 5.56 Å². The van der Waals surface area contributed by atoms with Gasteiger partial charge < -0.3 is 0 Å². The SMILES string of the molecule is NS(=O)(=O)c1cc2c(s1)S(=O)(=O)NN=C2. The number of hydrogen-bond donors (Lipinski definition) is 2. The average Bonchev–Trinajstić information content (AvgIpc) is 2.47. The van der Waals surface area contributed by atoms with Crippen molar-refractivity contribution in [3.8, 4) is 0 Å². The van der Waals surface area contributed by atoms with Gasteiger partial charge in [-0.3, -0.25) is 0 Å². The van der Waals surface area contributed by atoms with Crippen LogP contribution in [0.25, 0.3) is 0 Å². The molecule has 0 fully saturated rings. The highest BCUT2D eigenvalue weighted by molar-refractivity contribution is 7.94. The van der Waals surface area contributed by atoms with Crippen LogP contribution in [0.3, 0.4) is 0 Å². The Morgan fingerprint density at radius 1 is 1.47 bits per heavy atom. The van der Waals surface area contributed by atoms with Gasteiger partial charge in [0.2, 0.25) is 10.0 Å². The van der Waals surface area contributed by atoms with Crippen LogP contribution in [0.4, 0.5) is 0 Å². The van der Waals surface area contributed by atoms with E-state index in [2.05, 4.69) is 5.10 Å². The highest BCUT2D eigenvalue weighted by Crippen LogP contribution is 2.29. The van der Waals surface area contributed by atoms with Crippen LogP contribution >= 0.6 is 11.3 Å². The maximum absolute atomic E-state index is 11.4. The molecule has 0 spiro atoms. The Morgan fingerprint density at radius 2 is 2.13 bits per heavy atom. The minimum Gasteiger partial charge on any atom is -0.224 e. The van der Waals surface area contributed by atoms with Gasteiger partial charge in [-0.15, -0.1) is 11.3 Å². The lowest BCUT2D eigenvalue weighted by Crippen LogP contribution is -2.21. The van der Waals surface area contributed by atoms with Crippen LogP contribution in [0.5, 0.6) is 0 Å². The zero-order valence-electron chi connectivity index (χ0n) is 7.04. The Hall–Kier alpha value is -0.970. The second-order valence-corrected chi connectivity index (χ2v) is 7.40. The molecule has 0 aliphatic carbocycles. The summed E-state index contributed by atoms with van der Waals surface area (Å²) in [4.78, 5) is 1.90. The van der Waals surface area contributed by atoms with Crippen LogP contribution < -0.4 is 9.97 Å². The first-order valence-corrected chi connectivity index (χ1v) is 7.37. The second kappa shape index (κ2) is 3.01. The van der Waals surface area contributed by atoms with Crippen molar-refractivity contribution in [2.24, 2.45) is 10.2 Å². The molecule has 0 saturated heterocycles. The monoisotopic (exact) mass is 267 g/mol. The Bertz CT molecular complexity index is 639. The van der Waals surface area contributed by atoms with Gasteiger partial charge in [0.15, 0.2) is 4.21 Å². The topological polar surface area (TPSA) is 119 Å². The van der Waals surface area contributed by atoms with E-state index in [9.17, 15) is 16.8 Å². The summed E-state index contributed by atoms with van der Waals surface area (Å²) in [5, 5.41) is 8.25. The van der Waals surface area contributed by atoms with Crippen molar-refractivity contribution in [2.45, 2.75) is 8.42 Å². The summed E-state index contributed by atoms with van der Waals surface area (Å²) in [5.74, 6) is 0. The van der Waals surface area contributed by atoms with Crippen molar-refractivity contribution in [3.63, 3.8) is 0 Å². The van der Waals surface area contributed by atoms with Crippen LogP contribution in [0, 0.1) is 0 Å². The molecule has 1 aliphatic rings. The quantitative estimate of drug-likeness (QED) is 0.679.